The fourth-order valence-corrected chi connectivity index (χ4v) is 7.82. The van der Waals surface area contributed by atoms with E-state index in [9.17, 15) is 37.4 Å². The number of carbonyl (C=O) groups is 1. The van der Waals surface area contributed by atoms with Gasteiger partial charge in [0.15, 0.2) is 0 Å². The smallest absolute Gasteiger partial charge is 0.421 e. The van der Waals surface area contributed by atoms with Gasteiger partial charge in [-0.15, -0.1) is 0 Å². The molecular weight excluding hydrogens is 640 g/mol. The van der Waals surface area contributed by atoms with Crippen LogP contribution in [0.25, 0.3) is 0 Å². The van der Waals surface area contributed by atoms with E-state index in [1.54, 1.807) is 27.0 Å². The maximum Gasteiger partial charge on any atom is 0.421 e. The molecule has 0 bridgehead atoms. The van der Waals surface area contributed by atoms with Gasteiger partial charge in [-0.2, -0.15) is 18.2 Å². The van der Waals surface area contributed by atoms with Gasteiger partial charge in [0.1, 0.15) is 28.0 Å². The van der Waals surface area contributed by atoms with Crippen molar-refractivity contribution >= 4 is 36.6 Å². The molecule has 0 spiro atoms. The van der Waals surface area contributed by atoms with Crippen molar-refractivity contribution in [2.75, 3.05) is 24.8 Å². The Balaban J connectivity index is 1.52. The van der Waals surface area contributed by atoms with Gasteiger partial charge in [0.25, 0.3) is 5.91 Å². The first-order valence-electron chi connectivity index (χ1n) is 15.3. The summed E-state index contributed by atoms with van der Waals surface area (Å²) in [6.45, 7) is 3.59. The number of fused-ring (bicyclic) bond motifs is 1. The molecule has 12 nitrogen and oxygen atoms in total. The van der Waals surface area contributed by atoms with Crippen molar-refractivity contribution in [3.8, 4) is 5.75 Å². The molecule has 254 valence electrons. The lowest BCUT2D eigenvalue weighted by molar-refractivity contribution is -0.137. The van der Waals surface area contributed by atoms with Crippen LogP contribution >= 0.6 is 7.60 Å². The highest BCUT2D eigenvalue weighted by Gasteiger charge is 2.47. The van der Waals surface area contributed by atoms with Crippen LogP contribution in [0.2, 0.25) is 0 Å². The predicted octanol–water partition coefficient (Wildman–Crippen LogP) is 6.18. The number of carbonyl (C=O) groups excluding carboxylic acids is 1. The number of nitrogens with one attached hydrogen (secondary N) is 2. The number of alkyl halides is 3. The molecule has 5 N–H and O–H groups in total. The summed E-state index contributed by atoms with van der Waals surface area (Å²) in [6.07, 6.45) is -0.360. The zero-order chi connectivity index (χ0) is 34.3. The van der Waals surface area contributed by atoms with Gasteiger partial charge in [-0.25, -0.2) is 4.98 Å². The number of benzene rings is 1. The standard InChI is InChI=1S/C31H38F3N6O6P/c1-5-30(6-2,47(43,44)45)25-13-24(46-4)23(15-35-25)38-29-36-14-21(31(32,33)34)27(39-29)37-22-12-11-19(17-7-9-18(41)10-8-17)20-16-40(3)28(42)26(20)22/h11-15,17-18,41H,5-10,16H2,1-4H3,(H2,43,44,45)(H2,36,37,38,39)/t17-,18-. The lowest BCUT2D eigenvalue weighted by Crippen LogP contribution is -2.26. The second kappa shape index (κ2) is 13.0. The third-order valence-corrected chi connectivity index (χ3v) is 11.3. The van der Waals surface area contributed by atoms with Gasteiger partial charge in [0.2, 0.25) is 5.95 Å². The molecule has 1 saturated carbocycles. The van der Waals surface area contributed by atoms with Crippen LogP contribution in [-0.4, -0.2) is 60.9 Å². The SMILES string of the molecule is CCC(CC)(c1cc(OC)c(Nc2ncc(C(F)(F)F)c(Nc3ccc([C@H]4CC[C@H](O)CC4)c4c3C(=O)N(C)C4)n2)cn1)P(=O)(O)O. The molecule has 1 fully saturated rings. The number of hydrogen-bond donors (Lipinski definition) is 5. The van der Waals surface area contributed by atoms with Crippen LogP contribution in [-0.2, 0) is 22.4 Å². The minimum atomic E-state index is -4.83. The van der Waals surface area contributed by atoms with Crippen LogP contribution in [0, 0.1) is 0 Å². The Morgan fingerprint density at radius 3 is 2.32 bits per heavy atom. The fourth-order valence-electron chi connectivity index (χ4n) is 6.57. The first-order valence-corrected chi connectivity index (χ1v) is 16.9. The number of methoxy groups -OCH3 is 1. The number of aliphatic hydroxyl groups is 1. The lowest BCUT2D eigenvalue weighted by Gasteiger charge is -2.32. The van der Waals surface area contributed by atoms with Crippen molar-refractivity contribution in [2.45, 2.75) is 82.3 Å². The minimum absolute atomic E-state index is 0.0977. The maximum absolute atomic E-state index is 14.2. The number of pyridine rings is 1. The molecule has 16 heteroatoms. The van der Waals surface area contributed by atoms with E-state index < -0.39 is 30.3 Å². The van der Waals surface area contributed by atoms with E-state index >= 15 is 0 Å². The van der Waals surface area contributed by atoms with Crippen molar-refractivity contribution in [1.29, 1.82) is 0 Å². The molecule has 3 aromatic rings. The molecular formula is C31H38F3N6O6P. The first-order chi connectivity index (χ1) is 22.1. The molecule has 1 aromatic carbocycles. The highest BCUT2D eigenvalue weighted by atomic mass is 31.2. The second-order valence-electron chi connectivity index (χ2n) is 12.0. The Morgan fingerprint density at radius 1 is 1.04 bits per heavy atom. The highest BCUT2D eigenvalue weighted by Crippen LogP contribution is 2.61. The van der Waals surface area contributed by atoms with Crippen molar-refractivity contribution in [2.24, 2.45) is 0 Å². The molecule has 1 amide bonds. The summed E-state index contributed by atoms with van der Waals surface area (Å²) < 4.78 is 60.4. The van der Waals surface area contributed by atoms with Crippen LogP contribution in [0.4, 0.5) is 36.3 Å². The quantitative estimate of drug-likeness (QED) is 0.155. The van der Waals surface area contributed by atoms with Crippen molar-refractivity contribution in [3.63, 3.8) is 0 Å². The highest BCUT2D eigenvalue weighted by molar-refractivity contribution is 7.53. The van der Waals surface area contributed by atoms with Gasteiger partial charge in [-0.05, 0) is 61.6 Å². The van der Waals surface area contributed by atoms with Gasteiger partial charge in [0, 0.05) is 25.9 Å². The van der Waals surface area contributed by atoms with Crippen molar-refractivity contribution in [1.82, 2.24) is 19.9 Å². The fraction of sp³-hybridized carbons (Fsp3) is 0.484. The topological polar surface area (TPSA) is 170 Å². The molecule has 0 unspecified atom stereocenters. The lowest BCUT2D eigenvalue weighted by atomic mass is 9.80. The zero-order valence-corrected chi connectivity index (χ0v) is 27.3. The Bertz CT molecular complexity index is 1710. The molecule has 5 rings (SSSR count). The van der Waals surface area contributed by atoms with E-state index in [4.69, 9.17) is 4.74 Å². The Kier molecular flexibility index (Phi) is 9.57. The third-order valence-electron chi connectivity index (χ3n) is 9.33. The molecule has 1 aliphatic heterocycles. The second-order valence-corrected chi connectivity index (χ2v) is 13.9. The maximum atomic E-state index is 14.2. The number of aliphatic hydroxyl groups excluding tert-OH is 1. The number of anilines is 4. The van der Waals surface area contributed by atoms with Crippen molar-refractivity contribution in [3.05, 3.63) is 58.5 Å². The molecule has 47 heavy (non-hydrogen) atoms. The molecule has 0 radical (unpaired) electrons. The molecule has 1 aliphatic carbocycles. The van der Waals surface area contributed by atoms with Gasteiger partial charge in [0.05, 0.1) is 36.4 Å². The van der Waals surface area contributed by atoms with Crippen LogP contribution in [0.15, 0.2) is 30.6 Å². The summed E-state index contributed by atoms with van der Waals surface area (Å²) in [5.41, 5.74) is 1.23. The minimum Gasteiger partial charge on any atom is -0.494 e. The summed E-state index contributed by atoms with van der Waals surface area (Å²) in [4.78, 5) is 47.3. The number of ether oxygens (including phenoxy) is 1. The molecule has 0 saturated heterocycles. The number of nitrogens with zero attached hydrogens (tertiary/aromatic N) is 4. The Labute approximate surface area is 270 Å². The number of amides is 1. The van der Waals surface area contributed by atoms with Crippen LogP contribution in [0.3, 0.4) is 0 Å². The molecule has 2 aromatic heterocycles. The Hall–Kier alpha value is -3.78. The van der Waals surface area contributed by atoms with E-state index in [0.717, 1.165) is 24.0 Å². The molecule has 0 atom stereocenters. The van der Waals surface area contributed by atoms with E-state index in [1.807, 2.05) is 6.07 Å². The van der Waals surface area contributed by atoms with E-state index in [-0.39, 0.29) is 65.1 Å². The molecule has 3 heterocycles. The van der Waals surface area contributed by atoms with Gasteiger partial charge in [-0.3, -0.25) is 14.3 Å². The van der Waals surface area contributed by atoms with E-state index in [1.165, 1.54) is 24.3 Å². The number of halogens is 3. The van der Waals surface area contributed by atoms with E-state index in [0.29, 0.717) is 25.6 Å². The van der Waals surface area contributed by atoms with Gasteiger partial charge >= 0.3 is 13.8 Å². The van der Waals surface area contributed by atoms with Crippen LogP contribution in [0.1, 0.15) is 91.0 Å². The summed E-state index contributed by atoms with van der Waals surface area (Å²) >= 11 is 0. The van der Waals surface area contributed by atoms with Crippen LogP contribution < -0.4 is 15.4 Å². The van der Waals surface area contributed by atoms with Crippen LogP contribution in [0.5, 0.6) is 5.75 Å². The third kappa shape index (κ3) is 6.54. The normalized spacial score (nSPS) is 18.7. The summed E-state index contributed by atoms with van der Waals surface area (Å²) in [6, 6.07) is 4.79. The number of rotatable bonds is 10. The number of aromatic nitrogens is 3. The zero-order valence-electron chi connectivity index (χ0n) is 26.4. The summed E-state index contributed by atoms with van der Waals surface area (Å²) in [5.74, 6) is -0.933. The monoisotopic (exact) mass is 678 g/mol. The van der Waals surface area contributed by atoms with Gasteiger partial charge in [-0.1, -0.05) is 19.9 Å². The van der Waals surface area contributed by atoms with Crippen molar-refractivity contribution < 1.29 is 42.2 Å². The average molecular weight is 679 g/mol. The largest absolute Gasteiger partial charge is 0.494 e. The summed E-state index contributed by atoms with van der Waals surface area (Å²) in [7, 11) is -1.69. The number of hydrogen-bond acceptors (Lipinski definition) is 9. The first kappa shape index (κ1) is 34.6. The predicted molar refractivity (Wildman–Crippen MR) is 168 cm³/mol. The average Bonchev–Trinajstić information content (AvgIpc) is 3.32. The van der Waals surface area contributed by atoms with Gasteiger partial charge < -0.3 is 35.2 Å². The molecule has 2 aliphatic rings. The summed E-state index contributed by atoms with van der Waals surface area (Å²) in [5, 5.41) is 14.0. The Morgan fingerprint density at radius 2 is 1.72 bits per heavy atom. The van der Waals surface area contributed by atoms with E-state index in [2.05, 4.69) is 25.6 Å².